The van der Waals surface area contributed by atoms with Crippen molar-refractivity contribution in [2.24, 2.45) is 0 Å². The van der Waals surface area contributed by atoms with Crippen LogP contribution in [-0.4, -0.2) is 79.5 Å². The van der Waals surface area contributed by atoms with Gasteiger partial charge < -0.3 is 30.5 Å². The second-order valence-electron chi connectivity index (χ2n) is 4.18. The van der Waals surface area contributed by atoms with Gasteiger partial charge >= 0.3 is 18.0 Å². The lowest BCUT2D eigenvalue weighted by Crippen LogP contribution is -2.48. The van der Waals surface area contributed by atoms with Gasteiger partial charge in [-0.1, -0.05) is 0 Å². The zero-order chi connectivity index (χ0) is 15.5. The standard InChI is InChI=1S/C11H21N3O6/c1-14(5-6-20-2)4-3-12-11(19)13-8(10(17)18)7-9(15)16/h8H,3-7H2,1-2H3,(H,15,16)(H,17,18)(H2,12,13,19)/t8-/m0/s1. The number of aliphatic carboxylic acids is 2. The van der Waals surface area contributed by atoms with Gasteiger partial charge in [-0.25, -0.2) is 9.59 Å². The van der Waals surface area contributed by atoms with Crippen LogP contribution in [-0.2, 0) is 14.3 Å². The van der Waals surface area contributed by atoms with Gasteiger partial charge in [0.1, 0.15) is 6.04 Å². The highest BCUT2D eigenvalue weighted by molar-refractivity contribution is 5.86. The number of likely N-dealkylation sites (N-methyl/N-ethyl adjacent to an activating group) is 1. The van der Waals surface area contributed by atoms with Crippen molar-refractivity contribution in [3.8, 4) is 0 Å². The average molecular weight is 291 g/mol. The van der Waals surface area contributed by atoms with E-state index >= 15 is 0 Å². The summed E-state index contributed by atoms with van der Waals surface area (Å²) < 4.78 is 4.89. The first-order chi connectivity index (χ1) is 9.36. The van der Waals surface area contributed by atoms with E-state index in [1.807, 2.05) is 11.9 Å². The summed E-state index contributed by atoms with van der Waals surface area (Å²) in [6.07, 6.45) is -0.670. The Bertz CT molecular complexity index is 336. The summed E-state index contributed by atoms with van der Waals surface area (Å²) in [6.45, 7) is 2.15. The quantitative estimate of drug-likeness (QED) is 0.397. The van der Waals surface area contributed by atoms with Crippen LogP contribution >= 0.6 is 0 Å². The van der Waals surface area contributed by atoms with Crippen molar-refractivity contribution in [3.63, 3.8) is 0 Å². The summed E-state index contributed by atoms with van der Waals surface area (Å²) in [5.41, 5.74) is 0. The van der Waals surface area contributed by atoms with Gasteiger partial charge in [0.25, 0.3) is 0 Å². The average Bonchev–Trinajstić information content (AvgIpc) is 2.34. The lowest BCUT2D eigenvalue weighted by atomic mass is 10.2. The predicted octanol–water partition coefficient (Wildman–Crippen LogP) is -1.21. The number of carboxylic acid groups (broad SMARTS) is 2. The summed E-state index contributed by atoms with van der Waals surface area (Å²) in [5, 5.41) is 21.8. The summed E-state index contributed by atoms with van der Waals surface area (Å²) in [7, 11) is 3.44. The SMILES string of the molecule is COCCN(C)CCNC(=O)N[C@@H](CC(=O)O)C(=O)O. The van der Waals surface area contributed by atoms with Crippen molar-refractivity contribution < 1.29 is 29.3 Å². The molecule has 9 nitrogen and oxygen atoms in total. The number of nitrogens with zero attached hydrogens (tertiary/aromatic N) is 1. The predicted molar refractivity (Wildman–Crippen MR) is 69.6 cm³/mol. The van der Waals surface area contributed by atoms with Crippen LogP contribution in [0.4, 0.5) is 4.79 Å². The molecule has 0 aromatic heterocycles. The number of nitrogens with one attached hydrogen (secondary N) is 2. The van der Waals surface area contributed by atoms with Gasteiger partial charge in [0.05, 0.1) is 13.0 Å². The van der Waals surface area contributed by atoms with Crippen molar-refractivity contribution in [1.82, 2.24) is 15.5 Å². The van der Waals surface area contributed by atoms with E-state index in [0.29, 0.717) is 26.2 Å². The van der Waals surface area contributed by atoms with Gasteiger partial charge in [0, 0.05) is 26.7 Å². The van der Waals surface area contributed by atoms with E-state index < -0.39 is 30.4 Å². The smallest absolute Gasteiger partial charge is 0.326 e. The fraction of sp³-hybridized carbons (Fsp3) is 0.727. The lowest BCUT2D eigenvalue weighted by Gasteiger charge is -2.17. The molecule has 0 bridgehead atoms. The van der Waals surface area contributed by atoms with Gasteiger partial charge in [-0.2, -0.15) is 0 Å². The molecule has 116 valence electrons. The maximum Gasteiger partial charge on any atom is 0.326 e. The number of methoxy groups -OCH3 is 1. The van der Waals surface area contributed by atoms with Gasteiger partial charge in [0.2, 0.25) is 0 Å². The summed E-state index contributed by atoms with van der Waals surface area (Å²) in [5.74, 6) is -2.68. The number of carbonyl (C=O) groups excluding carboxylic acids is 1. The fourth-order valence-corrected chi connectivity index (χ4v) is 1.30. The minimum Gasteiger partial charge on any atom is -0.481 e. The van der Waals surface area contributed by atoms with Gasteiger partial charge in [-0.15, -0.1) is 0 Å². The van der Waals surface area contributed by atoms with Crippen LogP contribution in [0, 0.1) is 0 Å². The molecule has 0 radical (unpaired) electrons. The van der Waals surface area contributed by atoms with Gasteiger partial charge in [-0.05, 0) is 7.05 Å². The highest BCUT2D eigenvalue weighted by atomic mass is 16.5. The van der Waals surface area contributed by atoms with Crippen LogP contribution in [0.3, 0.4) is 0 Å². The molecule has 0 aliphatic heterocycles. The molecule has 1 atom stereocenters. The minimum atomic E-state index is -1.45. The summed E-state index contributed by atoms with van der Waals surface area (Å²) in [4.78, 5) is 34.5. The van der Waals surface area contributed by atoms with Crippen molar-refractivity contribution in [2.45, 2.75) is 12.5 Å². The van der Waals surface area contributed by atoms with E-state index in [-0.39, 0.29) is 0 Å². The first-order valence-corrected chi connectivity index (χ1v) is 6.03. The van der Waals surface area contributed by atoms with E-state index in [0.717, 1.165) is 0 Å². The van der Waals surface area contributed by atoms with Gasteiger partial charge in [0.15, 0.2) is 0 Å². The third kappa shape index (κ3) is 9.11. The van der Waals surface area contributed by atoms with E-state index in [1.165, 1.54) is 0 Å². The number of hydrogen-bond acceptors (Lipinski definition) is 5. The molecule has 4 N–H and O–H groups in total. The van der Waals surface area contributed by atoms with E-state index in [2.05, 4.69) is 10.6 Å². The molecule has 0 heterocycles. The maximum atomic E-state index is 11.4. The van der Waals surface area contributed by atoms with Crippen LogP contribution in [0.2, 0.25) is 0 Å². The van der Waals surface area contributed by atoms with Crippen molar-refractivity contribution in [2.75, 3.05) is 40.4 Å². The number of hydrogen-bond donors (Lipinski definition) is 4. The van der Waals surface area contributed by atoms with Crippen LogP contribution < -0.4 is 10.6 Å². The maximum absolute atomic E-state index is 11.4. The van der Waals surface area contributed by atoms with Crippen LogP contribution in [0.15, 0.2) is 0 Å². The van der Waals surface area contributed by atoms with Gasteiger partial charge in [-0.3, -0.25) is 4.79 Å². The fourth-order valence-electron chi connectivity index (χ4n) is 1.30. The number of amides is 2. The molecule has 0 aromatic rings. The lowest BCUT2D eigenvalue weighted by molar-refractivity contribution is -0.145. The molecule has 0 saturated heterocycles. The van der Waals surface area contributed by atoms with E-state index in [1.54, 1.807) is 7.11 Å². The third-order valence-corrected chi connectivity index (χ3v) is 2.44. The van der Waals surface area contributed by atoms with Crippen molar-refractivity contribution >= 4 is 18.0 Å². The Balaban J connectivity index is 3.96. The first kappa shape index (κ1) is 18.1. The van der Waals surface area contributed by atoms with Crippen LogP contribution in [0.25, 0.3) is 0 Å². The molecule has 2 amide bonds. The molecule has 9 heteroatoms. The Labute approximate surface area is 116 Å². The number of ether oxygens (including phenoxy) is 1. The molecular formula is C11H21N3O6. The Morgan fingerprint density at radius 1 is 1.25 bits per heavy atom. The molecule has 0 saturated carbocycles. The highest BCUT2D eigenvalue weighted by Gasteiger charge is 2.22. The topological polar surface area (TPSA) is 128 Å². The molecule has 20 heavy (non-hydrogen) atoms. The normalized spacial score (nSPS) is 11.9. The number of rotatable bonds is 10. The molecule has 0 aliphatic rings. The second-order valence-corrected chi connectivity index (χ2v) is 4.18. The minimum absolute atomic E-state index is 0.311. The Hall–Kier alpha value is -1.87. The van der Waals surface area contributed by atoms with Crippen molar-refractivity contribution in [3.05, 3.63) is 0 Å². The third-order valence-electron chi connectivity index (χ3n) is 2.44. The van der Waals surface area contributed by atoms with E-state index in [4.69, 9.17) is 14.9 Å². The number of urea groups is 1. The molecular weight excluding hydrogens is 270 g/mol. The summed E-state index contributed by atoms with van der Waals surface area (Å²) in [6, 6.07) is -2.16. The Morgan fingerprint density at radius 3 is 2.40 bits per heavy atom. The van der Waals surface area contributed by atoms with Crippen molar-refractivity contribution in [1.29, 1.82) is 0 Å². The number of carboxylic acids is 2. The second kappa shape index (κ2) is 9.98. The highest BCUT2D eigenvalue weighted by Crippen LogP contribution is 1.92. The molecule has 0 spiro atoms. The monoisotopic (exact) mass is 291 g/mol. The Kier molecular flexibility index (Phi) is 9.05. The summed E-state index contributed by atoms with van der Waals surface area (Å²) >= 11 is 0. The van der Waals surface area contributed by atoms with Crippen LogP contribution in [0.1, 0.15) is 6.42 Å². The zero-order valence-corrected chi connectivity index (χ0v) is 11.6. The largest absolute Gasteiger partial charge is 0.481 e. The molecule has 0 aliphatic carbocycles. The zero-order valence-electron chi connectivity index (χ0n) is 11.6. The molecule has 0 unspecified atom stereocenters. The van der Waals surface area contributed by atoms with E-state index in [9.17, 15) is 14.4 Å². The Morgan fingerprint density at radius 2 is 1.90 bits per heavy atom. The number of carbonyl (C=O) groups is 3. The van der Waals surface area contributed by atoms with Crippen LogP contribution in [0.5, 0.6) is 0 Å². The molecule has 0 fully saturated rings. The molecule has 0 aromatic carbocycles. The molecule has 0 rings (SSSR count). The first-order valence-electron chi connectivity index (χ1n) is 6.03.